The van der Waals surface area contributed by atoms with Crippen molar-refractivity contribution in [1.29, 1.82) is 0 Å². The average Bonchev–Trinajstić information content (AvgIpc) is 3.30. The third kappa shape index (κ3) is 4.03. The summed E-state index contributed by atoms with van der Waals surface area (Å²) in [5.74, 6) is 5.33. The van der Waals surface area contributed by atoms with Gasteiger partial charge in [0.25, 0.3) is 0 Å². The van der Waals surface area contributed by atoms with Gasteiger partial charge in [-0.15, -0.1) is 10.2 Å². The zero-order valence-electron chi connectivity index (χ0n) is 20.3. The van der Waals surface area contributed by atoms with Crippen molar-refractivity contribution in [3.05, 3.63) is 48.5 Å². The van der Waals surface area contributed by atoms with Crippen molar-refractivity contribution < 1.29 is 14.3 Å². The highest BCUT2D eigenvalue weighted by Gasteiger charge is 2.54. The minimum Gasteiger partial charge on any atom is -0.497 e. The van der Waals surface area contributed by atoms with E-state index in [9.17, 15) is 4.79 Å². The zero-order chi connectivity index (χ0) is 24.0. The Morgan fingerprint density at radius 3 is 2.23 bits per heavy atom. The molecule has 4 fully saturated rings. The number of nitrogens with zero attached hydrogens (tertiary/aromatic N) is 3. The van der Waals surface area contributed by atoms with E-state index in [-0.39, 0.29) is 5.41 Å². The maximum atomic E-state index is 13.7. The lowest BCUT2D eigenvalue weighted by molar-refractivity contribution is -0.141. The SMILES string of the molecule is COc1ccc(-n2c(SCC(=O)C34CC5CC(CC(C5)C3)C4)nnc2-c2ccccc2OC)cc1. The van der Waals surface area contributed by atoms with E-state index in [0.29, 0.717) is 22.5 Å². The van der Waals surface area contributed by atoms with Crippen molar-refractivity contribution >= 4 is 17.5 Å². The van der Waals surface area contributed by atoms with Gasteiger partial charge in [0.2, 0.25) is 0 Å². The molecule has 2 aromatic carbocycles. The monoisotopic (exact) mass is 489 g/mol. The van der Waals surface area contributed by atoms with Crippen LogP contribution in [0.4, 0.5) is 0 Å². The molecule has 0 aliphatic heterocycles. The van der Waals surface area contributed by atoms with Crippen LogP contribution < -0.4 is 9.47 Å². The number of thioether (sulfide) groups is 1. The molecule has 0 N–H and O–H groups in total. The highest BCUT2D eigenvalue weighted by molar-refractivity contribution is 7.99. The molecular formula is C28H31N3O3S. The molecule has 6 nitrogen and oxygen atoms in total. The summed E-state index contributed by atoms with van der Waals surface area (Å²) in [7, 11) is 3.32. The molecule has 7 heteroatoms. The van der Waals surface area contributed by atoms with E-state index in [1.54, 1.807) is 14.2 Å². The number of ether oxygens (including phenoxy) is 2. The topological polar surface area (TPSA) is 66.2 Å². The standard InChI is InChI=1S/C28H31N3O3S/c1-33-22-9-7-21(8-10-22)31-26(23-5-3-4-6-24(23)34-2)29-30-27(31)35-17-25(32)28-14-18-11-19(15-28)13-20(12-18)16-28/h3-10,18-20H,11-17H2,1-2H3. The maximum absolute atomic E-state index is 13.7. The van der Waals surface area contributed by atoms with Crippen LogP contribution in [0.2, 0.25) is 0 Å². The molecule has 1 aromatic heterocycles. The summed E-state index contributed by atoms with van der Waals surface area (Å²) in [6, 6.07) is 15.7. The number of carbonyl (C=O) groups excluding carboxylic acids is 1. The maximum Gasteiger partial charge on any atom is 0.196 e. The van der Waals surface area contributed by atoms with Crippen molar-refractivity contribution in [2.75, 3.05) is 20.0 Å². The Bertz CT molecular complexity index is 1200. The number of carbonyl (C=O) groups is 1. The van der Waals surface area contributed by atoms with Crippen LogP contribution in [0.1, 0.15) is 38.5 Å². The van der Waals surface area contributed by atoms with Crippen LogP contribution in [0.25, 0.3) is 17.1 Å². The Labute approximate surface area is 210 Å². The Balaban J connectivity index is 1.32. The summed E-state index contributed by atoms with van der Waals surface area (Å²) in [6.45, 7) is 0. The first kappa shape index (κ1) is 22.7. The Morgan fingerprint density at radius 2 is 1.60 bits per heavy atom. The van der Waals surface area contributed by atoms with Gasteiger partial charge in [0.15, 0.2) is 11.0 Å². The van der Waals surface area contributed by atoms with E-state index in [1.165, 1.54) is 31.0 Å². The third-order valence-corrected chi connectivity index (χ3v) is 9.20. The number of hydrogen-bond donors (Lipinski definition) is 0. The molecule has 3 aromatic rings. The molecule has 4 aliphatic carbocycles. The van der Waals surface area contributed by atoms with E-state index >= 15 is 0 Å². The quantitative estimate of drug-likeness (QED) is 0.371. The van der Waals surface area contributed by atoms with E-state index in [1.807, 2.05) is 53.1 Å². The molecule has 0 saturated heterocycles. The van der Waals surface area contributed by atoms with Gasteiger partial charge in [-0.3, -0.25) is 9.36 Å². The Kier molecular flexibility index (Phi) is 5.83. The highest BCUT2D eigenvalue weighted by atomic mass is 32.2. The van der Waals surface area contributed by atoms with Crippen LogP contribution in [0.15, 0.2) is 53.7 Å². The molecular weight excluding hydrogens is 458 g/mol. The molecule has 182 valence electrons. The molecule has 35 heavy (non-hydrogen) atoms. The van der Waals surface area contributed by atoms with Gasteiger partial charge in [-0.2, -0.15) is 0 Å². The van der Waals surface area contributed by atoms with Gasteiger partial charge in [-0.1, -0.05) is 23.9 Å². The molecule has 0 amide bonds. The van der Waals surface area contributed by atoms with Crippen LogP contribution in [0, 0.1) is 23.2 Å². The summed E-state index contributed by atoms with van der Waals surface area (Å²) >= 11 is 1.51. The minimum atomic E-state index is -0.0990. The zero-order valence-corrected chi connectivity index (χ0v) is 21.1. The lowest BCUT2D eigenvalue weighted by Gasteiger charge is -2.56. The van der Waals surface area contributed by atoms with Crippen LogP contribution in [0.5, 0.6) is 11.5 Å². The number of para-hydroxylation sites is 1. The van der Waals surface area contributed by atoms with Crippen molar-refractivity contribution in [2.45, 2.75) is 43.7 Å². The van der Waals surface area contributed by atoms with E-state index in [2.05, 4.69) is 10.2 Å². The van der Waals surface area contributed by atoms with Crippen LogP contribution in [0.3, 0.4) is 0 Å². The smallest absolute Gasteiger partial charge is 0.196 e. The number of Topliss-reactive ketones (excluding diaryl/α,β-unsaturated/α-hetero) is 1. The van der Waals surface area contributed by atoms with Crippen LogP contribution >= 0.6 is 11.8 Å². The second kappa shape index (κ2) is 9.01. The Hall–Kier alpha value is -2.80. The van der Waals surface area contributed by atoms with Crippen molar-refractivity contribution in [1.82, 2.24) is 14.8 Å². The molecule has 4 bridgehead atoms. The van der Waals surface area contributed by atoms with E-state index in [4.69, 9.17) is 9.47 Å². The summed E-state index contributed by atoms with van der Waals surface area (Å²) in [6.07, 6.45) is 7.30. The second-order valence-corrected chi connectivity index (χ2v) is 11.4. The first-order valence-corrected chi connectivity index (χ1v) is 13.5. The van der Waals surface area contributed by atoms with Gasteiger partial charge < -0.3 is 9.47 Å². The highest BCUT2D eigenvalue weighted by Crippen LogP contribution is 2.60. The van der Waals surface area contributed by atoms with Crippen molar-refractivity contribution in [3.63, 3.8) is 0 Å². The molecule has 7 rings (SSSR count). The van der Waals surface area contributed by atoms with Gasteiger partial charge in [-0.25, -0.2) is 0 Å². The molecule has 0 spiro atoms. The number of methoxy groups -OCH3 is 2. The van der Waals surface area contributed by atoms with Crippen molar-refractivity contribution in [3.8, 4) is 28.6 Å². The fraction of sp³-hybridized carbons (Fsp3) is 0.464. The lowest BCUT2D eigenvalue weighted by atomic mass is 9.48. The predicted molar refractivity (Wildman–Crippen MR) is 136 cm³/mol. The number of ketones is 1. The van der Waals surface area contributed by atoms with Gasteiger partial charge in [0, 0.05) is 5.41 Å². The van der Waals surface area contributed by atoms with Gasteiger partial charge >= 0.3 is 0 Å². The van der Waals surface area contributed by atoms with Gasteiger partial charge in [0.05, 0.1) is 31.2 Å². The molecule has 0 atom stereocenters. The van der Waals surface area contributed by atoms with E-state index < -0.39 is 0 Å². The number of rotatable bonds is 8. The van der Waals surface area contributed by atoms with Crippen LogP contribution in [-0.4, -0.2) is 40.5 Å². The summed E-state index contributed by atoms with van der Waals surface area (Å²) in [5, 5.41) is 9.81. The largest absolute Gasteiger partial charge is 0.497 e. The lowest BCUT2D eigenvalue weighted by Crippen LogP contribution is -2.50. The second-order valence-electron chi connectivity index (χ2n) is 10.4. The molecule has 1 heterocycles. The van der Waals surface area contributed by atoms with Gasteiger partial charge in [-0.05, 0) is 92.7 Å². The van der Waals surface area contributed by atoms with Crippen molar-refractivity contribution in [2.24, 2.45) is 23.2 Å². The number of benzene rings is 2. The summed E-state index contributed by atoms with van der Waals surface area (Å²) in [5.41, 5.74) is 1.68. The molecule has 4 aliphatic rings. The average molecular weight is 490 g/mol. The number of aromatic nitrogens is 3. The normalized spacial score (nSPS) is 26.6. The molecule has 4 saturated carbocycles. The molecule has 0 unspecified atom stereocenters. The van der Waals surface area contributed by atoms with E-state index in [0.717, 1.165) is 59.8 Å². The fourth-order valence-corrected chi connectivity index (χ4v) is 8.05. The number of hydrogen-bond acceptors (Lipinski definition) is 6. The fourth-order valence-electron chi connectivity index (χ4n) is 7.07. The predicted octanol–water partition coefficient (Wildman–Crippen LogP) is 5.83. The third-order valence-electron chi connectivity index (χ3n) is 8.27. The summed E-state index contributed by atoms with van der Waals surface area (Å²) in [4.78, 5) is 13.7. The first-order chi connectivity index (χ1) is 17.1. The molecule has 0 radical (unpaired) electrons. The summed E-state index contributed by atoms with van der Waals surface area (Å²) < 4.78 is 13.0. The van der Waals surface area contributed by atoms with Gasteiger partial charge in [0.1, 0.15) is 17.3 Å². The Morgan fingerprint density at radius 1 is 0.943 bits per heavy atom. The van der Waals surface area contributed by atoms with Crippen LogP contribution in [-0.2, 0) is 4.79 Å². The first-order valence-electron chi connectivity index (χ1n) is 12.5. The minimum absolute atomic E-state index is 0.0990.